The number of aliphatic carboxylic acids is 1. The predicted molar refractivity (Wildman–Crippen MR) is 70.0 cm³/mol. The molecule has 0 aliphatic heterocycles. The van der Waals surface area contributed by atoms with Crippen molar-refractivity contribution >= 4 is 5.97 Å². The first-order valence-electron chi connectivity index (χ1n) is 6.86. The van der Waals surface area contributed by atoms with E-state index >= 15 is 0 Å². The molecule has 0 saturated heterocycles. The minimum Gasteiger partial charge on any atom is -0.480 e. The molecule has 3 unspecified atom stereocenters. The normalized spacial score (nSPS) is 29.9. The predicted octanol–water partition coefficient (Wildman–Crippen LogP) is 2.85. The molecule has 0 aromatic carbocycles. The van der Waals surface area contributed by atoms with Crippen molar-refractivity contribution in [3.63, 3.8) is 0 Å². The zero-order valence-electron chi connectivity index (χ0n) is 11.6. The van der Waals surface area contributed by atoms with Crippen molar-refractivity contribution in [1.82, 2.24) is 4.90 Å². The minimum absolute atomic E-state index is 0.196. The molecule has 0 aromatic heterocycles. The molecule has 17 heavy (non-hydrogen) atoms. The van der Waals surface area contributed by atoms with E-state index in [1.165, 1.54) is 12.8 Å². The van der Waals surface area contributed by atoms with E-state index in [2.05, 4.69) is 32.6 Å². The van der Waals surface area contributed by atoms with Crippen LogP contribution in [-0.2, 0) is 4.79 Å². The third kappa shape index (κ3) is 4.66. The second-order valence-corrected chi connectivity index (χ2v) is 6.18. The first kappa shape index (κ1) is 14.5. The fraction of sp³-hybridized carbons (Fsp3) is 0.929. The summed E-state index contributed by atoms with van der Waals surface area (Å²) in [5.41, 5.74) is 0. The molecule has 1 rings (SSSR count). The van der Waals surface area contributed by atoms with Crippen LogP contribution in [0.5, 0.6) is 0 Å². The van der Waals surface area contributed by atoms with Crippen LogP contribution in [0.2, 0.25) is 0 Å². The molecule has 1 aliphatic carbocycles. The van der Waals surface area contributed by atoms with Gasteiger partial charge < -0.3 is 5.11 Å². The Labute approximate surface area is 105 Å². The van der Waals surface area contributed by atoms with E-state index < -0.39 is 5.97 Å². The van der Waals surface area contributed by atoms with Crippen LogP contribution in [0.1, 0.15) is 47.0 Å². The molecule has 0 heterocycles. The highest BCUT2D eigenvalue weighted by atomic mass is 16.4. The summed E-state index contributed by atoms with van der Waals surface area (Å²) in [5, 5.41) is 9.02. The monoisotopic (exact) mass is 241 g/mol. The first-order chi connectivity index (χ1) is 7.90. The van der Waals surface area contributed by atoms with Crippen molar-refractivity contribution in [2.24, 2.45) is 17.8 Å². The van der Waals surface area contributed by atoms with Crippen LogP contribution in [0.15, 0.2) is 0 Å². The van der Waals surface area contributed by atoms with Gasteiger partial charge in [0.25, 0.3) is 0 Å². The average Bonchev–Trinajstić information content (AvgIpc) is 2.14. The zero-order chi connectivity index (χ0) is 13.0. The van der Waals surface area contributed by atoms with Crippen LogP contribution in [0, 0.1) is 17.8 Å². The molecular weight excluding hydrogens is 214 g/mol. The van der Waals surface area contributed by atoms with Gasteiger partial charge in [0.05, 0.1) is 6.54 Å². The van der Waals surface area contributed by atoms with Crippen molar-refractivity contribution < 1.29 is 9.90 Å². The van der Waals surface area contributed by atoms with Crippen molar-refractivity contribution in [1.29, 1.82) is 0 Å². The third-order valence-corrected chi connectivity index (χ3v) is 3.79. The lowest BCUT2D eigenvalue weighted by Gasteiger charge is -2.40. The molecule has 1 aliphatic rings. The Morgan fingerprint density at radius 1 is 1.35 bits per heavy atom. The molecule has 100 valence electrons. The number of rotatable bonds is 5. The van der Waals surface area contributed by atoms with Crippen LogP contribution in [0.3, 0.4) is 0 Å². The molecule has 0 amide bonds. The lowest BCUT2D eigenvalue weighted by atomic mass is 9.79. The maximum Gasteiger partial charge on any atom is 0.317 e. The molecule has 3 atom stereocenters. The maximum absolute atomic E-state index is 11.0. The summed E-state index contributed by atoms with van der Waals surface area (Å²) in [6.45, 7) is 9.99. The van der Waals surface area contributed by atoms with Gasteiger partial charge in [-0.2, -0.15) is 0 Å². The summed E-state index contributed by atoms with van der Waals surface area (Å²) in [5.74, 6) is 1.25. The smallest absolute Gasteiger partial charge is 0.317 e. The van der Waals surface area contributed by atoms with E-state index in [1.807, 2.05) is 0 Å². The van der Waals surface area contributed by atoms with Crippen molar-refractivity contribution in [3.05, 3.63) is 0 Å². The van der Waals surface area contributed by atoms with Crippen LogP contribution in [0.4, 0.5) is 0 Å². The lowest BCUT2D eigenvalue weighted by Crippen LogP contribution is -2.46. The van der Waals surface area contributed by atoms with Gasteiger partial charge in [0.1, 0.15) is 0 Å². The molecule has 1 N–H and O–H groups in total. The topological polar surface area (TPSA) is 40.5 Å². The Kier molecular flexibility index (Phi) is 5.44. The number of nitrogens with zero attached hydrogens (tertiary/aromatic N) is 1. The summed E-state index contributed by atoms with van der Waals surface area (Å²) in [7, 11) is 0. The average molecular weight is 241 g/mol. The summed E-state index contributed by atoms with van der Waals surface area (Å²) >= 11 is 0. The number of hydrogen-bond acceptors (Lipinski definition) is 2. The van der Waals surface area contributed by atoms with Gasteiger partial charge in [-0.1, -0.05) is 27.7 Å². The standard InChI is InChI=1S/C14H27NO2/c1-10(2)8-15(9-14(16)17)13-6-5-11(3)7-12(13)4/h10-13H,5-9H2,1-4H3,(H,16,17). The Morgan fingerprint density at radius 2 is 2.00 bits per heavy atom. The maximum atomic E-state index is 11.0. The highest BCUT2D eigenvalue weighted by Gasteiger charge is 2.31. The van der Waals surface area contributed by atoms with Crippen molar-refractivity contribution in [2.75, 3.05) is 13.1 Å². The Morgan fingerprint density at radius 3 is 2.47 bits per heavy atom. The van der Waals surface area contributed by atoms with E-state index in [9.17, 15) is 4.79 Å². The zero-order valence-corrected chi connectivity index (χ0v) is 11.6. The molecule has 3 nitrogen and oxygen atoms in total. The Bertz CT molecular complexity index is 253. The SMILES string of the molecule is CC(C)CN(CC(=O)O)C1CCC(C)CC1C. The van der Waals surface area contributed by atoms with Crippen molar-refractivity contribution in [3.8, 4) is 0 Å². The highest BCUT2D eigenvalue weighted by Crippen LogP contribution is 2.32. The molecular formula is C14H27NO2. The fourth-order valence-electron chi connectivity index (χ4n) is 3.15. The summed E-state index contributed by atoms with van der Waals surface area (Å²) in [6, 6.07) is 0.463. The van der Waals surface area contributed by atoms with E-state index in [0.29, 0.717) is 17.9 Å². The van der Waals surface area contributed by atoms with Gasteiger partial charge in [-0.3, -0.25) is 9.69 Å². The molecule has 1 fully saturated rings. The number of carbonyl (C=O) groups is 1. The highest BCUT2D eigenvalue weighted by molar-refractivity contribution is 5.69. The summed E-state index contributed by atoms with van der Waals surface area (Å²) < 4.78 is 0. The Balaban J connectivity index is 2.64. The van der Waals surface area contributed by atoms with Gasteiger partial charge >= 0.3 is 5.97 Å². The molecule has 0 bridgehead atoms. The van der Waals surface area contributed by atoms with E-state index in [1.54, 1.807) is 0 Å². The lowest BCUT2D eigenvalue weighted by molar-refractivity contribution is -0.139. The van der Waals surface area contributed by atoms with Crippen LogP contribution in [-0.4, -0.2) is 35.1 Å². The number of hydrogen-bond donors (Lipinski definition) is 1. The molecule has 0 spiro atoms. The second-order valence-electron chi connectivity index (χ2n) is 6.18. The third-order valence-electron chi connectivity index (χ3n) is 3.79. The van der Waals surface area contributed by atoms with E-state index in [4.69, 9.17) is 5.11 Å². The first-order valence-corrected chi connectivity index (χ1v) is 6.86. The summed E-state index contributed by atoms with van der Waals surface area (Å²) in [4.78, 5) is 13.1. The molecule has 3 heteroatoms. The van der Waals surface area contributed by atoms with Gasteiger partial charge in [0, 0.05) is 12.6 Å². The number of carboxylic acids is 1. The molecule has 0 radical (unpaired) electrons. The molecule has 1 saturated carbocycles. The van der Waals surface area contributed by atoms with Crippen LogP contribution >= 0.6 is 0 Å². The van der Waals surface area contributed by atoms with Crippen LogP contribution < -0.4 is 0 Å². The van der Waals surface area contributed by atoms with E-state index in [-0.39, 0.29) is 6.54 Å². The Hall–Kier alpha value is -0.570. The van der Waals surface area contributed by atoms with Gasteiger partial charge in [0.15, 0.2) is 0 Å². The minimum atomic E-state index is -0.698. The quantitative estimate of drug-likeness (QED) is 0.804. The van der Waals surface area contributed by atoms with E-state index in [0.717, 1.165) is 18.9 Å². The van der Waals surface area contributed by atoms with Gasteiger partial charge in [0.2, 0.25) is 0 Å². The second kappa shape index (κ2) is 6.39. The van der Waals surface area contributed by atoms with Crippen LogP contribution in [0.25, 0.3) is 0 Å². The number of carboxylic acid groups (broad SMARTS) is 1. The largest absolute Gasteiger partial charge is 0.480 e. The van der Waals surface area contributed by atoms with Crippen molar-refractivity contribution in [2.45, 2.75) is 53.0 Å². The molecule has 0 aromatic rings. The van der Waals surface area contributed by atoms with Gasteiger partial charge in [-0.25, -0.2) is 0 Å². The fourth-order valence-corrected chi connectivity index (χ4v) is 3.15. The van der Waals surface area contributed by atoms with Gasteiger partial charge in [-0.05, 0) is 37.0 Å². The van der Waals surface area contributed by atoms with Gasteiger partial charge in [-0.15, -0.1) is 0 Å². The summed E-state index contributed by atoms with van der Waals surface area (Å²) in [6.07, 6.45) is 3.63.